The van der Waals surface area contributed by atoms with Gasteiger partial charge in [-0.2, -0.15) is 9.78 Å². The van der Waals surface area contributed by atoms with Crippen LogP contribution in [0.25, 0.3) is 5.82 Å². The number of hydrogen-bond acceptors (Lipinski definition) is 9. The Morgan fingerprint density at radius 3 is 2.91 bits per heavy atom. The van der Waals surface area contributed by atoms with Gasteiger partial charge in [-0.15, -0.1) is 9.78 Å². The van der Waals surface area contributed by atoms with Crippen LogP contribution >= 0.6 is 11.3 Å². The molecule has 0 unspecified atom stereocenters. The summed E-state index contributed by atoms with van der Waals surface area (Å²) >= 11 is 1.20. The quantitative estimate of drug-likeness (QED) is 0.627. The smallest absolute Gasteiger partial charge is 0.369 e. The maximum Gasteiger partial charge on any atom is 0.369 e. The minimum atomic E-state index is -0.470. The number of ether oxygens (including phenoxy) is 2. The Labute approximate surface area is 135 Å². The predicted octanol–water partition coefficient (Wildman–Crippen LogP) is 0.190. The highest BCUT2D eigenvalue weighted by Gasteiger charge is 2.19. The number of thiazole rings is 1. The minimum absolute atomic E-state index is 0.0240. The fourth-order valence-corrected chi connectivity index (χ4v) is 2.24. The second-order valence-electron chi connectivity index (χ2n) is 4.27. The van der Waals surface area contributed by atoms with E-state index in [1.54, 1.807) is 5.38 Å². The van der Waals surface area contributed by atoms with Gasteiger partial charge in [-0.1, -0.05) is 11.3 Å². The second kappa shape index (κ2) is 6.52. The van der Waals surface area contributed by atoms with Gasteiger partial charge in [0.2, 0.25) is 0 Å². The van der Waals surface area contributed by atoms with E-state index in [1.165, 1.54) is 24.6 Å². The van der Waals surface area contributed by atoms with E-state index in [4.69, 9.17) is 10.8 Å². The molecule has 3 aromatic heterocycles. The molecule has 0 aliphatic heterocycles. The summed E-state index contributed by atoms with van der Waals surface area (Å²) in [5.41, 5.74) is 0.0121. The van der Waals surface area contributed by atoms with Crippen LogP contribution < -0.4 is 15.2 Å². The van der Waals surface area contributed by atoms with Gasteiger partial charge in [0.25, 0.3) is 5.19 Å². The van der Waals surface area contributed by atoms with Crippen molar-refractivity contribution >= 4 is 11.3 Å². The van der Waals surface area contributed by atoms with Crippen LogP contribution in [0.3, 0.4) is 0 Å². The zero-order chi connectivity index (χ0) is 17.1. The lowest BCUT2D eigenvalue weighted by molar-refractivity contribution is 0.282. The molecule has 0 atom stereocenters. The molecule has 0 bridgehead atoms. The number of hydrogen-bond donors (Lipinski definition) is 0. The molecule has 0 aliphatic rings. The molecule has 11 heteroatoms. The van der Waals surface area contributed by atoms with Gasteiger partial charge in [0.1, 0.15) is 12.4 Å². The van der Waals surface area contributed by atoms with E-state index in [0.29, 0.717) is 23.1 Å². The highest BCUT2D eigenvalue weighted by Crippen LogP contribution is 2.24. The molecule has 0 amide bonds. The maximum atomic E-state index is 12.1. The first-order chi connectivity index (χ1) is 11.6. The fraction of sp³-hybridized carbons (Fsp3) is 0.333. The number of tetrazole rings is 1. The van der Waals surface area contributed by atoms with Gasteiger partial charge in [-0.05, 0) is 17.4 Å². The zero-order valence-corrected chi connectivity index (χ0v) is 13.1. The van der Waals surface area contributed by atoms with Gasteiger partial charge in [-0.3, -0.25) is 0 Å². The van der Waals surface area contributed by atoms with Crippen LogP contribution in [0.15, 0.2) is 22.5 Å². The molecule has 3 aromatic rings. The molecule has 0 N–H and O–H groups in total. The molecule has 0 saturated carbocycles. The normalized spacial score (nSPS) is 11.3. The summed E-state index contributed by atoms with van der Waals surface area (Å²) < 4.78 is 20.6. The third-order valence-electron chi connectivity index (χ3n) is 2.83. The SMILES string of the molecule is [3H]c1csc(OCc2c(OCC)cnnc2-n2nnn(C)c2=O)n1. The molecule has 10 nitrogen and oxygen atoms in total. The first kappa shape index (κ1) is 13.8. The van der Waals surface area contributed by atoms with Crippen molar-refractivity contribution in [2.75, 3.05) is 6.61 Å². The van der Waals surface area contributed by atoms with Crippen molar-refractivity contribution in [1.82, 2.24) is 35.0 Å². The molecule has 3 rings (SSSR count). The highest BCUT2D eigenvalue weighted by atomic mass is 32.1. The van der Waals surface area contributed by atoms with Crippen molar-refractivity contribution in [2.45, 2.75) is 13.5 Å². The molecule has 0 spiro atoms. The van der Waals surface area contributed by atoms with Crippen molar-refractivity contribution in [3.8, 4) is 16.8 Å². The second-order valence-corrected chi connectivity index (χ2v) is 5.09. The molecule has 3 heterocycles. The van der Waals surface area contributed by atoms with Crippen molar-refractivity contribution in [2.24, 2.45) is 7.05 Å². The lowest BCUT2D eigenvalue weighted by Gasteiger charge is -2.12. The van der Waals surface area contributed by atoms with Gasteiger partial charge in [-0.25, -0.2) is 9.78 Å². The van der Waals surface area contributed by atoms with E-state index in [2.05, 4.69) is 25.6 Å². The van der Waals surface area contributed by atoms with Crippen molar-refractivity contribution in [3.63, 3.8) is 0 Å². The molecule has 120 valence electrons. The summed E-state index contributed by atoms with van der Waals surface area (Å²) in [6.45, 7) is 2.25. The number of aromatic nitrogens is 7. The minimum Gasteiger partial charge on any atom is -0.492 e. The van der Waals surface area contributed by atoms with Crippen molar-refractivity contribution in [1.29, 1.82) is 0 Å². The Morgan fingerprint density at radius 1 is 1.39 bits per heavy atom. The summed E-state index contributed by atoms with van der Waals surface area (Å²) in [6, 6.07) is 0. The lowest BCUT2D eigenvalue weighted by Crippen LogP contribution is -2.24. The molecule has 0 aliphatic carbocycles. The molecular formula is C12H13N7O3S. The molecule has 0 radical (unpaired) electrons. The van der Waals surface area contributed by atoms with Crippen LogP contribution in [0, 0.1) is 0 Å². The summed E-state index contributed by atoms with van der Waals surface area (Å²) in [6.07, 6.45) is 1.56. The standard InChI is InChI=1S/C12H13N7O3S/c1-3-21-9-6-14-15-10(19-12(20)18(2)16-17-19)8(9)7-22-11-13-4-5-23-11/h4-6H,3,7H2,1-2H3/i4T. The van der Waals surface area contributed by atoms with E-state index in [1.807, 2.05) is 6.92 Å². The third-order valence-corrected chi connectivity index (χ3v) is 3.46. The average molecular weight is 337 g/mol. The van der Waals surface area contributed by atoms with Gasteiger partial charge in [0.15, 0.2) is 5.82 Å². The lowest BCUT2D eigenvalue weighted by atomic mass is 10.2. The van der Waals surface area contributed by atoms with Crippen LogP contribution in [0.2, 0.25) is 0 Å². The third kappa shape index (κ3) is 3.04. The van der Waals surface area contributed by atoms with Crippen molar-refractivity contribution < 1.29 is 10.8 Å². The van der Waals surface area contributed by atoms with Crippen LogP contribution in [0.1, 0.15) is 13.9 Å². The maximum absolute atomic E-state index is 12.1. The Balaban J connectivity index is 2.00. The first-order valence-electron chi connectivity index (χ1n) is 7.11. The number of nitrogens with zero attached hydrogens (tertiary/aromatic N) is 7. The Bertz CT molecular complexity index is 906. The van der Waals surface area contributed by atoms with Crippen LogP contribution in [0.5, 0.6) is 10.9 Å². The van der Waals surface area contributed by atoms with Crippen LogP contribution in [-0.4, -0.2) is 41.6 Å². The molecule has 23 heavy (non-hydrogen) atoms. The molecule has 0 saturated heterocycles. The summed E-state index contributed by atoms with van der Waals surface area (Å²) in [4.78, 5) is 16.0. The molecular weight excluding hydrogens is 322 g/mol. The van der Waals surface area contributed by atoms with Gasteiger partial charge < -0.3 is 9.47 Å². The van der Waals surface area contributed by atoms with Crippen molar-refractivity contribution in [3.05, 3.63) is 33.8 Å². The Hall–Kier alpha value is -2.82. The van der Waals surface area contributed by atoms with E-state index in [0.717, 1.165) is 9.36 Å². The summed E-state index contributed by atoms with van der Waals surface area (Å²) in [7, 11) is 1.48. The zero-order valence-electron chi connectivity index (χ0n) is 13.3. The fourth-order valence-electron chi connectivity index (χ4n) is 1.80. The Kier molecular flexibility index (Phi) is 3.92. The highest BCUT2D eigenvalue weighted by molar-refractivity contribution is 7.11. The predicted molar refractivity (Wildman–Crippen MR) is 79.8 cm³/mol. The van der Waals surface area contributed by atoms with E-state index in [-0.39, 0.29) is 18.6 Å². The monoisotopic (exact) mass is 337 g/mol. The van der Waals surface area contributed by atoms with Crippen LogP contribution in [-0.2, 0) is 13.7 Å². The van der Waals surface area contributed by atoms with E-state index >= 15 is 0 Å². The first-order valence-corrected chi connectivity index (χ1v) is 7.49. The van der Waals surface area contributed by atoms with Gasteiger partial charge >= 0.3 is 5.69 Å². The average Bonchev–Trinajstić information content (AvgIpc) is 3.13. The van der Waals surface area contributed by atoms with Crippen LogP contribution in [0.4, 0.5) is 0 Å². The molecule has 0 fully saturated rings. The summed E-state index contributed by atoms with van der Waals surface area (Å²) in [5, 5.41) is 17.1. The van der Waals surface area contributed by atoms with E-state index < -0.39 is 5.69 Å². The summed E-state index contributed by atoms with van der Waals surface area (Å²) in [5.74, 6) is 0.587. The van der Waals surface area contributed by atoms with E-state index in [9.17, 15) is 4.79 Å². The van der Waals surface area contributed by atoms with Gasteiger partial charge in [0, 0.05) is 18.6 Å². The number of aryl methyl sites for hydroxylation is 1. The topological polar surface area (TPSA) is 110 Å². The van der Waals surface area contributed by atoms with Gasteiger partial charge in [0.05, 0.1) is 19.7 Å². The largest absolute Gasteiger partial charge is 0.492 e. The Morgan fingerprint density at radius 2 is 2.26 bits per heavy atom. The number of rotatable bonds is 6. The molecule has 0 aromatic carbocycles.